The first-order chi connectivity index (χ1) is 7.16. The van der Waals surface area contributed by atoms with Crippen LogP contribution in [0.15, 0.2) is 0 Å². The molecule has 2 atom stereocenters. The molecule has 2 unspecified atom stereocenters. The fourth-order valence-corrected chi connectivity index (χ4v) is 3.27. The highest BCUT2D eigenvalue weighted by atomic mass is 15.2. The van der Waals surface area contributed by atoms with Crippen LogP contribution in [0.4, 0.5) is 0 Å². The first kappa shape index (κ1) is 11.4. The van der Waals surface area contributed by atoms with E-state index in [4.69, 9.17) is 0 Å². The van der Waals surface area contributed by atoms with Crippen molar-refractivity contribution >= 4 is 0 Å². The molecule has 0 spiro atoms. The SMILES string of the molecule is CC(C)CNCC1CC2CCC(C1)N2C. The number of nitrogens with one attached hydrogen (secondary N) is 1. The lowest BCUT2D eigenvalue weighted by Crippen LogP contribution is -2.42. The molecular formula is C13H26N2. The normalized spacial score (nSPS) is 36.4. The molecule has 2 heterocycles. The van der Waals surface area contributed by atoms with Crippen molar-refractivity contribution in [2.24, 2.45) is 11.8 Å². The summed E-state index contributed by atoms with van der Waals surface area (Å²) in [5.74, 6) is 1.73. The van der Waals surface area contributed by atoms with Crippen LogP contribution in [0.5, 0.6) is 0 Å². The summed E-state index contributed by atoms with van der Waals surface area (Å²) in [6.45, 7) is 7.00. The molecule has 0 aromatic heterocycles. The molecular weight excluding hydrogens is 184 g/mol. The monoisotopic (exact) mass is 210 g/mol. The molecule has 0 aliphatic carbocycles. The minimum absolute atomic E-state index is 0.785. The lowest BCUT2D eigenvalue weighted by atomic mass is 9.91. The molecule has 2 aliphatic rings. The summed E-state index contributed by atoms with van der Waals surface area (Å²) >= 11 is 0. The minimum atomic E-state index is 0.785. The van der Waals surface area contributed by atoms with E-state index in [1.165, 1.54) is 38.8 Å². The van der Waals surface area contributed by atoms with Crippen molar-refractivity contribution < 1.29 is 0 Å². The van der Waals surface area contributed by atoms with Crippen molar-refractivity contribution in [2.45, 2.75) is 51.6 Å². The van der Waals surface area contributed by atoms with Crippen molar-refractivity contribution in [2.75, 3.05) is 20.1 Å². The van der Waals surface area contributed by atoms with Gasteiger partial charge in [0.05, 0.1) is 0 Å². The first-order valence-electron chi connectivity index (χ1n) is 6.59. The van der Waals surface area contributed by atoms with Crippen LogP contribution in [0.2, 0.25) is 0 Å². The van der Waals surface area contributed by atoms with Gasteiger partial charge in [-0.3, -0.25) is 0 Å². The second-order valence-electron chi connectivity index (χ2n) is 5.94. The molecule has 2 fully saturated rings. The largest absolute Gasteiger partial charge is 0.316 e. The van der Waals surface area contributed by atoms with Crippen LogP contribution in [-0.4, -0.2) is 37.1 Å². The van der Waals surface area contributed by atoms with E-state index in [0.717, 1.165) is 23.9 Å². The van der Waals surface area contributed by atoms with Gasteiger partial charge in [-0.25, -0.2) is 0 Å². The molecule has 2 rings (SSSR count). The summed E-state index contributed by atoms with van der Waals surface area (Å²) in [7, 11) is 2.32. The third-order valence-electron chi connectivity index (χ3n) is 4.18. The fourth-order valence-electron chi connectivity index (χ4n) is 3.27. The Labute approximate surface area is 94.4 Å². The van der Waals surface area contributed by atoms with E-state index in [0.29, 0.717) is 0 Å². The Morgan fingerprint density at radius 1 is 1.20 bits per heavy atom. The van der Waals surface area contributed by atoms with Crippen molar-refractivity contribution in [3.63, 3.8) is 0 Å². The van der Waals surface area contributed by atoms with Gasteiger partial charge in [0.1, 0.15) is 0 Å². The highest BCUT2D eigenvalue weighted by Gasteiger charge is 2.37. The average Bonchev–Trinajstić information content (AvgIpc) is 2.42. The van der Waals surface area contributed by atoms with Crippen molar-refractivity contribution in [1.82, 2.24) is 10.2 Å². The quantitative estimate of drug-likeness (QED) is 0.764. The molecule has 2 bridgehead atoms. The molecule has 0 amide bonds. The summed E-state index contributed by atoms with van der Waals surface area (Å²) in [6.07, 6.45) is 5.75. The molecule has 2 heteroatoms. The molecule has 0 radical (unpaired) electrons. The zero-order valence-electron chi connectivity index (χ0n) is 10.5. The summed E-state index contributed by atoms with van der Waals surface area (Å²) in [4.78, 5) is 2.62. The minimum Gasteiger partial charge on any atom is -0.316 e. The van der Waals surface area contributed by atoms with Gasteiger partial charge in [0.15, 0.2) is 0 Å². The van der Waals surface area contributed by atoms with Crippen LogP contribution < -0.4 is 5.32 Å². The van der Waals surface area contributed by atoms with Crippen LogP contribution in [0.1, 0.15) is 39.5 Å². The van der Waals surface area contributed by atoms with Crippen molar-refractivity contribution in [3.8, 4) is 0 Å². The lowest BCUT2D eigenvalue weighted by Gasteiger charge is -2.36. The van der Waals surface area contributed by atoms with Crippen LogP contribution in [0.3, 0.4) is 0 Å². The van der Waals surface area contributed by atoms with E-state index >= 15 is 0 Å². The van der Waals surface area contributed by atoms with Gasteiger partial charge in [-0.15, -0.1) is 0 Å². The van der Waals surface area contributed by atoms with Crippen LogP contribution in [0, 0.1) is 11.8 Å². The summed E-state index contributed by atoms with van der Waals surface area (Å²) in [5.41, 5.74) is 0. The molecule has 15 heavy (non-hydrogen) atoms. The lowest BCUT2D eigenvalue weighted by molar-refractivity contribution is 0.132. The smallest absolute Gasteiger partial charge is 0.00988 e. The Morgan fingerprint density at radius 3 is 2.33 bits per heavy atom. The van der Waals surface area contributed by atoms with Gasteiger partial charge in [-0.1, -0.05) is 13.8 Å². The Bertz CT molecular complexity index is 189. The van der Waals surface area contributed by atoms with Crippen molar-refractivity contribution in [3.05, 3.63) is 0 Å². The predicted octanol–water partition coefficient (Wildman–Crippen LogP) is 2.10. The first-order valence-corrected chi connectivity index (χ1v) is 6.59. The third-order valence-corrected chi connectivity index (χ3v) is 4.18. The second-order valence-corrected chi connectivity index (χ2v) is 5.94. The average molecular weight is 210 g/mol. The predicted molar refractivity (Wildman–Crippen MR) is 65.0 cm³/mol. The van der Waals surface area contributed by atoms with Gasteiger partial charge in [-0.05, 0) is 57.7 Å². The molecule has 2 aliphatic heterocycles. The van der Waals surface area contributed by atoms with E-state index in [-0.39, 0.29) is 0 Å². The fraction of sp³-hybridized carbons (Fsp3) is 1.00. The number of piperidine rings is 1. The Kier molecular flexibility index (Phi) is 3.68. The van der Waals surface area contributed by atoms with E-state index in [1.54, 1.807) is 0 Å². The molecule has 0 aromatic carbocycles. The Balaban J connectivity index is 1.72. The zero-order valence-corrected chi connectivity index (χ0v) is 10.5. The molecule has 2 saturated heterocycles. The maximum absolute atomic E-state index is 3.62. The molecule has 0 saturated carbocycles. The van der Waals surface area contributed by atoms with Crippen LogP contribution in [-0.2, 0) is 0 Å². The van der Waals surface area contributed by atoms with Gasteiger partial charge in [0.2, 0.25) is 0 Å². The Hall–Kier alpha value is -0.0800. The number of fused-ring (bicyclic) bond motifs is 2. The van der Waals surface area contributed by atoms with Crippen molar-refractivity contribution in [1.29, 1.82) is 0 Å². The molecule has 1 N–H and O–H groups in total. The molecule has 0 aromatic rings. The Morgan fingerprint density at radius 2 is 1.80 bits per heavy atom. The summed E-state index contributed by atoms with van der Waals surface area (Å²) < 4.78 is 0. The van der Waals surface area contributed by atoms with E-state index in [9.17, 15) is 0 Å². The number of nitrogens with zero attached hydrogens (tertiary/aromatic N) is 1. The van der Waals surface area contributed by atoms with Crippen LogP contribution in [0.25, 0.3) is 0 Å². The topological polar surface area (TPSA) is 15.3 Å². The maximum Gasteiger partial charge on any atom is 0.00988 e. The zero-order chi connectivity index (χ0) is 10.8. The van der Waals surface area contributed by atoms with Gasteiger partial charge in [0.25, 0.3) is 0 Å². The van der Waals surface area contributed by atoms with Gasteiger partial charge in [-0.2, -0.15) is 0 Å². The number of hydrogen-bond acceptors (Lipinski definition) is 2. The highest BCUT2D eigenvalue weighted by Crippen LogP contribution is 2.36. The molecule has 2 nitrogen and oxygen atoms in total. The van der Waals surface area contributed by atoms with Gasteiger partial charge >= 0.3 is 0 Å². The van der Waals surface area contributed by atoms with Crippen LogP contribution >= 0.6 is 0 Å². The van der Waals surface area contributed by atoms with E-state index in [1.807, 2.05) is 0 Å². The van der Waals surface area contributed by atoms with Gasteiger partial charge < -0.3 is 10.2 Å². The summed E-state index contributed by atoms with van der Waals surface area (Å²) in [5, 5.41) is 3.62. The number of rotatable bonds is 4. The van der Waals surface area contributed by atoms with E-state index in [2.05, 4.69) is 31.1 Å². The number of hydrogen-bond donors (Lipinski definition) is 1. The maximum atomic E-state index is 3.62. The third kappa shape index (κ3) is 2.73. The molecule has 88 valence electrons. The summed E-state index contributed by atoms with van der Waals surface area (Å²) in [6, 6.07) is 1.80. The standard InChI is InChI=1S/C13H26N2/c1-10(2)8-14-9-11-6-12-4-5-13(7-11)15(12)3/h10-14H,4-9H2,1-3H3. The van der Waals surface area contributed by atoms with Gasteiger partial charge in [0, 0.05) is 12.1 Å². The second kappa shape index (κ2) is 4.84. The highest BCUT2D eigenvalue weighted by molar-refractivity contribution is 4.93. The van der Waals surface area contributed by atoms with E-state index < -0.39 is 0 Å².